The van der Waals surface area contributed by atoms with Crippen LogP contribution in [-0.2, 0) is 4.79 Å². The van der Waals surface area contributed by atoms with Crippen molar-refractivity contribution in [3.63, 3.8) is 0 Å². The van der Waals surface area contributed by atoms with Crippen LogP contribution in [0.5, 0.6) is 5.75 Å². The van der Waals surface area contributed by atoms with Crippen LogP contribution in [0.4, 0.5) is 5.69 Å². The molecule has 0 aliphatic rings. The molecule has 94 valence electrons. The van der Waals surface area contributed by atoms with Crippen LogP contribution < -0.4 is 11.1 Å². The molecule has 1 aromatic carbocycles. The third-order valence-corrected chi connectivity index (χ3v) is 2.68. The lowest BCUT2D eigenvalue weighted by atomic mass is 9.87. The number of nitrogens with one attached hydrogen (secondary N) is 1. The van der Waals surface area contributed by atoms with E-state index < -0.39 is 6.04 Å². The maximum atomic E-state index is 11.9. The van der Waals surface area contributed by atoms with Crippen molar-refractivity contribution in [1.82, 2.24) is 0 Å². The molecule has 1 atom stereocenters. The van der Waals surface area contributed by atoms with E-state index in [1.54, 1.807) is 12.1 Å². The zero-order valence-corrected chi connectivity index (χ0v) is 10.7. The molecule has 4 heteroatoms. The van der Waals surface area contributed by atoms with E-state index in [4.69, 9.17) is 5.73 Å². The van der Waals surface area contributed by atoms with Crippen LogP contribution in [0.1, 0.15) is 26.3 Å². The first-order valence-corrected chi connectivity index (χ1v) is 5.58. The van der Waals surface area contributed by atoms with Crippen LogP contribution in [-0.4, -0.2) is 17.1 Å². The van der Waals surface area contributed by atoms with Crippen molar-refractivity contribution < 1.29 is 9.90 Å². The van der Waals surface area contributed by atoms with Crippen LogP contribution >= 0.6 is 0 Å². The van der Waals surface area contributed by atoms with Crippen LogP contribution in [0, 0.1) is 12.3 Å². The lowest BCUT2D eigenvalue weighted by Gasteiger charge is -2.26. The highest BCUT2D eigenvalue weighted by Crippen LogP contribution is 2.22. The number of rotatable bonds is 2. The summed E-state index contributed by atoms with van der Waals surface area (Å²) < 4.78 is 0. The van der Waals surface area contributed by atoms with E-state index in [1.807, 2.05) is 27.7 Å². The Bertz CT molecular complexity index is 422. The molecular formula is C13H20N2O2. The van der Waals surface area contributed by atoms with Crippen molar-refractivity contribution in [3.05, 3.63) is 23.8 Å². The Morgan fingerprint density at radius 1 is 1.41 bits per heavy atom. The number of phenols is 1. The van der Waals surface area contributed by atoms with E-state index in [0.717, 1.165) is 5.56 Å². The van der Waals surface area contributed by atoms with Crippen molar-refractivity contribution in [2.45, 2.75) is 33.7 Å². The van der Waals surface area contributed by atoms with Gasteiger partial charge in [-0.3, -0.25) is 4.79 Å². The summed E-state index contributed by atoms with van der Waals surface area (Å²) in [6.07, 6.45) is 0. The molecule has 1 rings (SSSR count). The quantitative estimate of drug-likeness (QED) is 0.687. The second-order valence-electron chi connectivity index (χ2n) is 5.33. The van der Waals surface area contributed by atoms with E-state index in [1.165, 1.54) is 6.07 Å². The fraction of sp³-hybridized carbons (Fsp3) is 0.462. The highest BCUT2D eigenvalue weighted by atomic mass is 16.3. The SMILES string of the molecule is Cc1cc(O)ccc1NC(=O)[C@H](N)C(C)(C)C. The molecule has 17 heavy (non-hydrogen) atoms. The molecule has 0 radical (unpaired) electrons. The number of anilines is 1. The van der Waals surface area contributed by atoms with Gasteiger partial charge in [0.05, 0.1) is 6.04 Å². The number of nitrogens with two attached hydrogens (primary N) is 1. The Hall–Kier alpha value is -1.55. The third-order valence-electron chi connectivity index (χ3n) is 2.68. The average molecular weight is 236 g/mol. The van der Waals surface area contributed by atoms with Crippen molar-refractivity contribution in [3.8, 4) is 5.75 Å². The topological polar surface area (TPSA) is 75.3 Å². The third kappa shape index (κ3) is 3.46. The van der Waals surface area contributed by atoms with Crippen molar-refractivity contribution in [1.29, 1.82) is 0 Å². The first-order valence-electron chi connectivity index (χ1n) is 5.58. The van der Waals surface area contributed by atoms with Gasteiger partial charge < -0.3 is 16.2 Å². The summed E-state index contributed by atoms with van der Waals surface area (Å²) in [5, 5.41) is 12.0. The average Bonchev–Trinajstić information content (AvgIpc) is 2.19. The van der Waals surface area contributed by atoms with Gasteiger partial charge >= 0.3 is 0 Å². The van der Waals surface area contributed by atoms with Crippen LogP contribution in [0.25, 0.3) is 0 Å². The number of aryl methyl sites for hydroxylation is 1. The van der Waals surface area contributed by atoms with Gasteiger partial charge in [-0.15, -0.1) is 0 Å². The summed E-state index contributed by atoms with van der Waals surface area (Å²) >= 11 is 0. The number of hydrogen-bond acceptors (Lipinski definition) is 3. The molecule has 0 aliphatic carbocycles. The number of hydrogen-bond donors (Lipinski definition) is 3. The summed E-state index contributed by atoms with van der Waals surface area (Å²) in [5.41, 5.74) is 7.06. The summed E-state index contributed by atoms with van der Waals surface area (Å²) in [4.78, 5) is 11.9. The molecule has 1 aromatic rings. The zero-order valence-electron chi connectivity index (χ0n) is 10.7. The van der Waals surface area contributed by atoms with E-state index >= 15 is 0 Å². The highest BCUT2D eigenvalue weighted by molar-refractivity contribution is 5.95. The fourth-order valence-corrected chi connectivity index (χ4v) is 1.39. The molecule has 1 amide bonds. The smallest absolute Gasteiger partial charge is 0.241 e. The number of amides is 1. The van der Waals surface area contributed by atoms with Gasteiger partial charge in [0.15, 0.2) is 0 Å². The summed E-state index contributed by atoms with van der Waals surface area (Å²) in [7, 11) is 0. The molecule has 0 unspecified atom stereocenters. The van der Waals surface area contributed by atoms with Gasteiger partial charge in [0.1, 0.15) is 5.75 Å². The van der Waals surface area contributed by atoms with Crippen LogP contribution in [0.2, 0.25) is 0 Å². The first kappa shape index (κ1) is 13.5. The van der Waals surface area contributed by atoms with Gasteiger partial charge in [-0.25, -0.2) is 0 Å². The monoisotopic (exact) mass is 236 g/mol. The zero-order chi connectivity index (χ0) is 13.2. The van der Waals surface area contributed by atoms with Gasteiger partial charge in [-0.05, 0) is 36.1 Å². The first-order chi connectivity index (χ1) is 7.71. The van der Waals surface area contributed by atoms with E-state index in [0.29, 0.717) is 5.69 Å². The van der Waals surface area contributed by atoms with Crippen molar-refractivity contribution in [2.75, 3.05) is 5.32 Å². The molecule has 0 heterocycles. The number of benzene rings is 1. The fourth-order valence-electron chi connectivity index (χ4n) is 1.39. The van der Waals surface area contributed by atoms with Gasteiger partial charge in [-0.2, -0.15) is 0 Å². The molecular weight excluding hydrogens is 216 g/mol. The molecule has 0 aliphatic heterocycles. The number of carbonyl (C=O) groups is 1. The lowest BCUT2D eigenvalue weighted by molar-refractivity contribution is -0.119. The van der Waals surface area contributed by atoms with Crippen LogP contribution in [0.15, 0.2) is 18.2 Å². The van der Waals surface area contributed by atoms with Crippen molar-refractivity contribution >= 4 is 11.6 Å². The summed E-state index contributed by atoms with van der Waals surface area (Å²) in [6.45, 7) is 7.57. The largest absolute Gasteiger partial charge is 0.508 e. The minimum Gasteiger partial charge on any atom is -0.508 e. The predicted octanol–water partition coefficient (Wildman–Crippen LogP) is 2.01. The molecule has 0 fully saturated rings. The van der Waals surface area contributed by atoms with E-state index in [2.05, 4.69) is 5.32 Å². The Kier molecular flexibility index (Phi) is 3.78. The molecule has 0 spiro atoms. The minimum absolute atomic E-state index is 0.181. The maximum Gasteiger partial charge on any atom is 0.241 e. The highest BCUT2D eigenvalue weighted by Gasteiger charge is 2.27. The van der Waals surface area contributed by atoms with Gasteiger partial charge in [0.2, 0.25) is 5.91 Å². The molecule has 4 N–H and O–H groups in total. The standard InChI is InChI=1S/C13H20N2O2/c1-8-7-9(16)5-6-10(8)15-12(17)11(14)13(2,3)4/h5-7,11,16H,14H2,1-4H3,(H,15,17)/t11-/m0/s1. The number of phenolic OH excluding ortho intramolecular Hbond substituents is 1. The Labute approximate surface area is 102 Å². The van der Waals surface area contributed by atoms with Gasteiger partial charge in [0.25, 0.3) is 0 Å². The molecule has 0 bridgehead atoms. The Balaban J connectivity index is 2.82. The number of carbonyl (C=O) groups excluding carboxylic acids is 1. The van der Waals surface area contributed by atoms with Gasteiger partial charge in [0, 0.05) is 5.69 Å². The Morgan fingerprint density at radius 3 is 2.47 bits per heavy atom. The Morgan fingerprint density at radius 2 is 2.00 bits per heavy atom. The lowest BCUT2D eigenvalue weighted by Crippen LogP contribution is -2.45. The second kappa shape index (κ2) is 4.75. The molecule has 0 saturated heterocycles. The van der Waals surface area contributed by atoms with Crippen molar-refractivity contribution in [2.24, 2.45) is 11.1 Å². The second-order valence-corrected chi connectivity index (χ2v) is 5.33. The molecule has 0 aromatic heterocycles. The summed E-state index contributed by atoms with van der Waals surface area (Å²) in [6, 6.07) is 4.22. The predicted molar refractivity (Wildman–Crippen MR) is 68.9 cm³/mol. The molecule has 0 saturated carbocycles. The van der Waals surface area contributed by atoms with Gasteiger partial charge in [-0.1, -0.05) is 20.8 Å². The normalized spacial score (nSPS) is 13.2. The molecule has 4 nitrogen and oxygen atoms in total. The maximum absolute atomic E-state index is 11.9. The van der Waals surface area contributed by atoms with E-state index in [9.17, 15) is 9.90 Å². The number of aromatic hydroxyl groups is 1. The van der Waals surface area contributed by atoms with Crippen LogP contribution in [0.3, 0.4) is 0 Å². The minimum atomic E-state index is -0.573. The summed E-state index contributed by atoms with van der Waals surface area (Å²) in [5.74, 6) is -0.0353. The van der Waals surface area contributed by atoms with E-state index in [-0.39, 0.29) is 17.1 Å².